The summed E-state index contributed by atoms with van der Waals surface area (Å²) in [6, 6.07) is 9.09. The number of nitrogens with one attached hydrogen (secondary N) is 1. The number of carbonyl (C=O) groups excluding carboxylic acids is 2. The van der Waals surface area contributed by atoms with Crippen molar-refractivity contribution in [3.05, 3.63) is 71.6 Å². The summed E-state index contributed by atoms with van der Waals surface area (Å²) in [4.78, 5) is 25.7. The maximum Gasteiger partial charge on any atom is 0.251 e. The number of benzene rings is 2. The first-order valence-electron chi connectivity index (χ1n) is 11.0. The normalized spacial score (nSPS) is 11.8. The summed E-state index contributed by atoms with van der Waals surface area (Å²) in [7, 11) is 0. The van der Waals surface area contributed by atoms with Crippen LogP contribution in [-0.4, -0.2) is 39.3 Å². The first-order valence-corrected chi connectivity index (χ1v) is 11.0. The zero-order valence-corrected chi connectivity index (χ0v) is 18.8. The molecule has 3 rings (SSSR count). The van der Waals surface area contributed by atoms with Crippen LogP contribution in [0.1, 0.15) is 48.7 Å². The van der Waals surface area contributed by atoms with Crippen molar-refractivity contribution in [1.29, 1.82) is 0 Å². The lowest BCUT2D eigenvalue weighted by Gasteiger charge is -2.18. The van der Waals surface area contributed by atoms with E-state index in [-0.39, 0.29) is 6.54 Å². The maximum absolute atomic E-state index is 13.8. The molecule has 0 spiro atoms. The van der Waals surface area contributed by atoms with E-state index >= 15 is 0 Å². The number of carbonyl (C=O) groups is 2. The number of rotatable bonds is 12. The van der Waals surface area contributed by atoms with Gasteiger partial charge in [0.1, 0.15) is 6.61 Å². The highest BCUT2D eigenvalue weighted by Gasteiger charge is 2.23. The number of ether oxygens (including phenoxy) is 1. The van der Waals surface area contributed by atoms with Crippen molar-refractivity contribution >= 4 is 11.7 Å². The van der Waals surface area contributed by atoms with Crippen LogP contribution < -0.4 is 15.8 Å². The maximum atomic E-state index is 13.8. The van der Waals surface area contributed by atoms with Crippen LogP contribution >= 0.6 is 0 Å². The van der Waals surface area contributed by atoms with Crippen LogP contribution in [0.15, 0.2) is 48.7 Å². The molecule has 8 nitrogen and oxygen atoms in total. The van der Waals surface area contributed by atoms with Gasteiger partial charge >= 0.3 is 0 Å². The first-order chi connectivity index (χ1) is 16.4. The van der Waals surface area contributed by atoms with Crippen LogP contribution in [0.25, 0.3) is 5.69 Å². The number of halogens is 2. The molecule has 0 radical (unpaired) electrons. The molecule has 0 aliphatic carbocycles. The summed E-state index contributed by atoms with van der Waals surface area (Å²) >= 11 is 0. The molecule has 1 aromatic heterocycles. The van der Waals surface area contributed by atoms with Crippen LogP contribution in [-0.2, 0) is 11.3 Å². The van der Waals surface area contributed by atoms with E-state index in [0.717, 1.165) is 25.0 Å². The molecule has 1 amide bonds. The van der Waals surface area contributed by atoms with Gasteiger partial charge in [0.2, 0.25) is 0 Å². The van der Waals surface area contributed by atoms with Gasteiger partial charge in [0.15, 0.2) is 23.2 Å². The lowest BCUT2D eigenvalue weighted by molar-refractivity contribution is -0.123. The Morgan fingerprint density at radius 1 is 1.15 bits per heavy atom. The molecule has 1 heterocycles. The van der Waals surface area contributed by atoms with Crippen molar-refractivity contribution in [2.24, 2.45) is 5.73 Å². The van der Waals surface area contributed by atoms with Gasteiger partial charge in [-0.15, -0.1) is 5.10 Å². The van der Waals surface area contributed by atoms with Gasteiger partial charge < -0.3 is 15.8 Å². The Morgan fingerprint density at radius 2 is 1.88 bits per heavy atom. The Labute approximate surface area is 196 Å². The second-order valence-corrected chi connectivity index (χ2v) is 7.74. The van der Waals surface area contributed by atoms with Crippen molar-refractivity contribution < 1.29 is 23.1 Å². The fourth-order valence-electron chi connectivity index (χ4n) is 3.33. The molecule has 0 unspecified atom stereocenters. The number of amides is 1. The highest BCUT2D eigenvalue weighted by atomic mass is 19.1. The number of para-hydroxylation sites is 1. The summed E-state index contributed by atoms with van der Waals surface area (Å²) in [5, 5.41) is 10.7. The van der Waals surface area contributed by atoms with Crippen LogP contribution in [0.3, 0.4) is 0 Å². The molecular formula is C24H27F2N5O3. The molecule has 0 saturated heterocycles. The number of hydrogen-bond donors (Lipinski definition) is 2. The number of nitrogens with zero attached hydrogens (tertiary/aromatic N) is 3. The Hall–Kier alpha value is -3.66. The second-order valence-electron chi connectivity index (χ2n) is 7.74. The van der Waals surface area contributed by atoms with Gasteiger partial charge in [-0.2, -0.15) is 0 Å². The minimum atomic E-state index is -0.901. The van der Waals surface area contributed by atoms with Gasteiger partial charge in [0.25, 0.3) is 5.91 Å². The van der Waals surface area contributed by atoms with Gasteiger partial charge in [0, 0.05) is 12.1 Å². The largest absolute Gasteiger partial charge is 0.480 e. The molecular weight excluding hydrogens is 444 g/mol. The molecule has 2 aromatic carbocycles. The van der Waals surface area contributed by atoms with E-state index in [1.54, 1.807) is 30.5 Å². The number of ketones is 1. The van der Waals surface area contributed by atoms with E-state index in [2.05, 4.69) is 15.6 Å². The van der Waals surface area contributed by atoms with Crippen LogP contribution in [0.2, 0.25) is 0 Å². The van der Waals surface area contributed by atoms with Crippen LogP contribution in [0.5, 0.6) is 5.75 Å². The molecule has 0 aliphatic heterocycles. The quantitative estimate of drug-likeness (QED) is 0.392. The summed E-state index contributed by atoms with van der Waals surface area (Å²) < 4.78 is 34.3. The zero-order valence-electron chi connectivity index (χ0n) is 18.8. The molecule has 0 fully saturated rings. The Kier molecular flexibility index (Phi) is 8.80. The van der Waals surface area contributed by atoms with Gasteiger partial charge in [-0.25, -0.2) is 13.5 Å². The van der Waals surface area contributed by atoms with Crippen molar-refractivity contribution in [3.8, 4) is 11.4 Å². The van der Waals surface area contributed by atoms with Gasteiger partial charge in [-0.1, -0.05) is 43.5 Å². The lowest BCUT2D eigenvalue weighted by Crippen LogP contribution is -2.43. The third-order valence-electron chi connectivity index (χ3n) is 5.19. The average Bonchev–Trinajstić information content (AvgIpc) is 3.32. The molecule has 34 heavy (non-hydrogen) atoms. The average molecular weight is 472 g/mol. The number of Topliss-reactive ketones (excluding diaryl/α,β-unsaturated/α-hetero) is 1. The van der Waals surface area contributed by atoms with E-state index in [9.17, 15) is 18.4 Å². The van der Waals surface area contributed by atoms with Crippen molar-refractivity contribution in [3.63, 3.8) is 0 Å². The number of unbranched alkanes of at least 4 members (excludes halogenated alkanes) is 2. The number of hydrogen-bond acceptors (Lipinski definition) is 6. The predicted octanol–water partition coefficient (Wildman–Crippen LogP) is 3.33. The number of nitrogens with two attached hydrogens (primary N) is 1. The van der Waals surface area contributed by atoms with Gasteiger partial charge in [-0.05, 0) is 36.8 Å². The molecule has 0 aliphatic rings. The summed E-state index contributed by atoms with van der Waals surface area (Å²) in [6.07, 6.45) is 4.53. The highest BCUT2D eigenvalue weighted by molar-refractivity contribution is 5.98. The molecule has 180 valence electrons. The summed E-state index contributed by atoms with van der Waals surface area (Å²) in [6.45, 7) is 1.68. The minimum Gasteiger partial charge on any atom is -0.480 e. The van der Waals surface area contributed by atoms with E-state index in [1.807, 2.05) is 6.92 Å². The predicted molar refractivity (Wildman–Crippen MR) is 122 cm³/mol. The molecule has 3 N–H and O–H groups in total. The SMILES string of the molecule is CCCCC[C@H](NC(=O)c1cccc(-n2cc(CN)nn2)c1)C(=O)COc1c(F)cccc1F. The molecule has 0 saturated carbocycles. The fraction of sp³-hybridized carbons (Fsp3) is 0.333. The Bertz CT molecular complexity index is 1120. The Balaban J connectivity index is 1.71. The van der Waals surface area contributed by atoms with Crippen molar-refractivity contribution in [1.82, 2.24) is 20.3 Å². The second kappa shape index (κ2) is 12.0. The van der Waals surface area contributed by atoms with Crippen molar-refractivity contribution in [2.45, 2.75) is 45.2 Å². The van der Waals surface area contributed by atoms with E-state index in [1.165, 1.54) is 10.7 Å². The molecule has 1 atom stereocenters. The zero-order chi connectivity index (χ0) is 24.5. The Morgan fingerprint density at radius 3 is 2.56 bits per heavy atom. The van der Waals surface area contributed by atoms with E-state index in [4.69, 9.17) is 10.5 Å². The first kappa shape index (κ1) is 25.0. The fourth-order valence-corrected chi connectivity index (χ4v) is 3.33. The topological polar surface area (TPSA) is 112 Å². The third kappa shape index (κ3) is 6.44. The number of aromatic nitrogens is 3. The summed E-state index contributed by atoms with van der Waals surface area (Å²) in [5.41, 5.74) is 7.09. The smallest absolute Gasteiger partial charge is 0.251 e. The van der Waals surface area contributed by atoms with Gasteiger partial charge in [-0.3, -0.25) is 9.59 Å². The van der Waals surface area contributed by atoms with E-state index < -0.39 is 41.7 Å². The van der Waals surface area contributed by atoms with Crippen molar-refractivity contribution in [2.75, 3.05) is 6.61 Å². The monoisotopic (exact) mass is 471 g/mol. The van der Waals surface area contributed by atoms with Gasteiger partial charge in [0.05, 0.1) is 23.6 Å². The minimum absolute atomic E-state index is 0.237. The van der Waals surface area contributed by atoms with Crippen LogP contribution in [0, 0.1) is 11.6 Å². The molecule has 3 aromatic rings. The highest BCUT2D eigenvalue weighted by Crippen LogP contribution is 2.21. The van der Waals surface area contributed by atoms with Crippen LogP contribution in [0.4, 0.5) is 8.78 Å². The third-order valence-corrected chi connectivity index (χ3v) is 5.19. The lowest BCUT2D eigenvalue weighted by atomic mass is 10.0. The molecule has 0 bridgehead atoms. The van der Waals surface area contributed by atoms with E-state index in [0.29, 0.717) is 29.8 Å². The molecule has 10 heteroatoms. The summed E-state index contributed by atoms with van der Waals surface area (Å²) in [5.74, 6) is -3.36. The standard InChI is InChI=1S/C24H27F2N5O3/c1-2-3-4-11-21(22(32)15-34-23-19(25)9-6-10-20(23)26)28-24(33)16-7-5-8-18(12-16)31-14-17(13-27)29-30-31/h5-10,12,14,21H,2-4,11,13,15,27H2,1H3,(H,28,33)/t21-/m0/s1.